The van der Waals surface area contributed by atoms with Crippen molar-refractivity contribution < 1.29 is 14.5 Å². The first-order valence-electron chi connectivity index (χ1n) is 12.0. The Labute approximate surface area is 219 Å². The minimum absolute atomic E-state index is 0.0529. The van der Waals surface area contributed by atoms with Crippen molar-refractivity contribution in [3.05, 3.63) is 105 Å². The maximum Gasteiger partial charge on any atom is 0.286 e. The molecule has 188 valence electrons. The number of amidine groups is 1. The zero-order valence-electron chi connectivity index (χ0n) is 20.4. The third-order valence-corrected chi connectivity index (χ3v) is 7.30. The van der Waals surface area contributed by atoms with Crippen LogP contribution in [-0.2, 0) is 11.4 Å². The average Bonchev–Trinajstić information content (AvgIpc) is 3.28. The van der Waals surface area contributed by atoms with Gasteiger partial charge < -0.3 is 14.5 Å². The molecule has 3 aromatic carbocycles. The molecule has 0 radical (unpaired) electrons. The molecule has 0 bridgehead atoms. The molecule has 0 aromatic heterocycles. The third-order valence-electron chi connectivity index (χ3n) is 6.26. The molecular formula is C28H26N4O4S. The van der Waals surface area contributed by atoms with Gasteiger partial charge in [-0.3, -0.25) is 14.9 Å². The number of anilines is 1. The highest BCUT2D eigenvalue weighted by Gasteiger charge is 2.28. The first kappa shape index (κ1) is 24.6. The van der Waals surface area contributed by atoms with E-state index in [4.69, 9.17) is 4.74 Å². The Balaban J connectivity index is 1.14. The first-order valence-corrected chi connectivity index (χ1v) is 12.8. The topological polar surface area (TPSA) is 88.3 Å². The van der Waals surface area contributed by atoms with E-state index in [9.17, 15) is 14.9 Å². The normalized spacial score (nSPS) is 16.7. The van der Waals surface area contributed by atoms with Gasteiger partial charge in [-0.2, -0.15) is 4.99 Å². The molecule has 1 saturated heterocycles. The monoisotopic (exact) mass is 514 g/mol. The van der Waals surface area contributed by atoms with Crippen LogP contribution < -0.4 is 9.64 Å². The van der Waals surface area contributed by atoms with Gasteiger partial charge in [0.2, 0.25) is 0 Å². The molecule has 0 spiro atoms. The van der Waals surface area contributed by atoms with Crippen molar-refractivity contribution >= 4 is 40.3 Å². The van der Waals surface area contributed by atoms with Crippen molar-refractivity contribution in [1.29, 1.82) is 0 Å². The van der Waals surface area contributed by atoms with Crippen LogP contribution in [0.5, 0.6) is 5.75 Å². The van der Waals surface area contributed by atoms with E-state index in [1.807, 2.05) is 30.3 Å². The summed E-state index contributed by atoms with van der Waals surface area (Å²) in [5.74, 6) is 0.467. The molecule has 0 atom stereocenters. The number of piperazine rings is 1. The third kappa shape index (κ3) is 6.00. The largest absolute Gasteiger partial charge is 0.489 e. The Morgan fingerprint density at radius 1 is 1.00 bits per heavy atom. The lowest BCUT2D eigenvalue weighted by Gasteiger charge is -2.36. The van der Waals surface area contributed by atoms with Gasteiger partial charge in [0.15, 0.2) is 5.17 Å². The molecule has 2 aliphatic rings. The minimum atomic E-state index is -0.425. The van der Waals surface area contributed by atoms with E-state index < -0.39 is 4.92 Å². The number of carbonyl (C=O) groups is 1. The number of hydrogen-bond acceptors (Lipinski definition) is 7. The van der Waals surface area contributed by atoms with E-state index in [0.29, 0.717) is 17.3 Å². The summed E-state index contributed by atoms with van der Waals surface area (Å²) in [6.45, 7) is 5.82. The van der Waals surface area contributed by atoms with Gasteiger partial charge in [0, 0.05) is 44.0 Å². The molecule has 3 aromatic rings. The predicted octanol–water partition coefficient (Wildman–Crippen LogP) is 5.27. The van der Waals surface area contributed by atoms with Crippen LogP contribution in [0.4, 0.5) is 11.4 Å². The molecular weight excluding hydrogens is 488 g/mol. The summed E-state index contributed by atoms with van der Waals surface area (Å²) in [6.07, 6.45) is 1.85. The van der Waals surface area contributed by atoms with Crippen molar-refractivity contribution in [2.75, 3.05) is 31.1 Å². The van der Waals surface area contributed by atoms with Crippen LogP contribution in [0, 0.1) is 17.0 Å². The van der Waals surface area contributed by atoms with E-state index in [1.54, 1.807) is 12.1 Å². The number of aliphatic imine (C=N–C) groups is 1. The van der Waals surface area contributed by atoms with E-state index in [-0.39, 0.29) is 11.6 Å². The van der Waals surface area contributed by atoms with E-state index in [1.165, 1.54) is 35.1 Å². The van der Waals surface area contributed by atoms with E-state index in [0.717, 1.165) is 42.5 Å². The van der Waals surface area contributed by atoms with Gasteiger partial charge in [-0.25, -0.2) is 0 Å². The lowest BCUT2D eigenvalue weighted by molar-refractivity contribution is -0.384. The molecule has 0 saturated carbocycles. The highest BCUT2D eigenvalue weighted by Crippen LogP contribution is 2.31. The number of amides is 1. The summed E-state index contributed by atoms with van der Waals surface area (Å²) < 4.78 is 5.79. The highest BCUT2D eigenvalue weighted by atomic mass is 32.2. The molecule has 0 unspecified atom stereocenters. The van der Waals surface area contributed by atoms with Gasteiger partial charge in [-0.1, -0.05) is 24.3 Å². The second-order valence-corrected chi connectivity index (χ2v) is 9.91. The SMILES string of the molecule is Cc1cccc(N2CCN(C3=NC(=O)/C(=C\c4ccc(OCc5ccc([N+](=O)[O-])cc5)cc4)S3)CC2)c1. The van der Waals surface area contributed by atoms with Crippen LogP contribution in [0.15, 0.2) is 82.7 Å². The number of nitro groups is 1. The maximum atomic E-state index is 12.6. The minimum Gasteiger partial charge on any atom is -0.489 e. The number of nitrogens with zero attached hydrogens (tertiary/aromatic N) is 4. The summed E-state index contributed by atoms with van der Waals surface area (Å²) in [6, 6.07) is 22.3. The smallest absolute Gasteiger partial charge is 0.286 e. The molecule has 9 heteroatoms. The molecule has 2 heterocycles. The Bertz CT molecular complexity index is 1360. The van der Waals surface area contributed by atoms with Gasteiger partial charge in [-0.15, -0.1) is 0 Å². The summed E-state index contributed by atoms with van der Waals surface area (Å²) in [7, 11) is 0. The number of carbonyl (C=O) groups excluding carboxylic acids is 1. The highest BCUT2D eigenvalue weighted by molar-refractivity contribution is 8.18. The number of aryl methyl sites for hydroxylation is 1. The van der Waals surface area contributed by atoms with Gasteiger partial charge >= 0.3 is 0 Å². The molecule has 0 N–H and O–H groups in total. The fourth-order valence-electron chi connectivity index (χ4n) is 4.21. The van der Waals surface area contributed by atoms with Crippen molar-refractivity contribution in [3.8, 4) is 5.75 Å². The molecule has 5 rings (SSSR count). The van der Waals surface area contributed by atoms with Crippen molar-refractivity contribution in [2.24, 2.45) is 4.99 Å². The second kappa shape index (κ2) is 10.9. The molecule has 2 aliphatic heterocycles. The number of thioether (sulfide) groups is 1. The van der Waals surface area contributed by atoms with E-state index in [2.05, 4.69) is 46.0 Å². The maximum absolute atomic E-state index is 12.6. The fourth-order valence-corrected chi connectivity index (χ4v) is 5.17. The van der Waals surface area contributed by atoms with Crippen molar-refractivity contribution in [1.82, 2.24) is 4.90 Å². The van der Waals surface area contributed by atoms with Gasteiger partial charge in [0.1, 0.15) is 12.4 Å². The standard InChI is InChI=1S/C28H26N4O4S/c1-20-3-2-4-24(17-20)30-13-15-31(16-14-30)28-29-27(33)26(37-28)18-21-7-11-25(12-8-21)36-19-22-5-9-23(10-6-22)32(34)35/h2-12,17-18H,13-16,19H2,1H3/b26-18+. The Kier molecular flexibility index (Phi) is 7.23. The van der Waals surface area contributed by atoms with Crippen molar-refractivity contribution in [2.45, 2.75) is 13.5 Å². The van der Waals surface area contributed by atoms with Crippen LogP contribution in [0.1, 0.15) is 16.7 Å². The Morgan fingerprint density at radius 3 is 2.38 bits per heavy atom. The van der Waals surface area contributed by atoms with Crippen LogP contribution in [0.25, 0.3) is 6.08 Å². The first-order chi connectivity index (χ1) is 17.9. The van der Waals surface area contributed by atoms with Crippen molar-refractivity contribution in [3.63, 3.8) is 0 Å². The van der Waals surface area contributed by atoms with Crippen LogP contribution in [0.2, 0.25) is 0 Å². The molecule has 8 nitrogen and oxygen atoms in total. The van der Waals surface area contributed by atoms with Gasteiger partial charge in [0.25, 0.3) is 11.6 Å². The molecule has 0 aliphatic carbocycles. The summed E-state index contributed by atoms with van der Waals surface area (Å²) in [5, 5.41) is 11.5. The number of non-ortho nitro benzene ring substituents is 1. The quantitative estimate of drug-likeness (QED) is 0.251. The number of nitro benzene ring substituents is 1. The van der Waals surface area contributed by atoms with E-state index >= 15 is 0 Å². The lowest BCUT2D eigenvalue weighted by Crippen LogP contribution is -2.47. The van der Waals surface area contributed by atoms with Crippen LogP contribution >= 0.6 is 11.8 Å². The number of hydrogen-bond donors (Lipinski definition) is 0. The second-order valence-electron chi connectivity index (χ2n) is 8.90. The summed E-state index contributed by atoms with van der Waals surface area (Å²) in [4.78, 5) is 32.4. The number of rotatable bonds is 6. The fraction of sp³-hybridized carbons (Fsp3) is 0.214. The molecule has 1 amide bonds. The van der Waals surface area contributed by atoms with Crippen LogP contribution in [0.3, 0.4) is 0 Å². The Hall–Kier alpha value is -4.11. The number of ether oxygens (including phenoxy) is 1. The lowest BCUT2D eigenvalue weighted by atomic mass is 10.2. The van der Waals surface area contributed by atoms with Gasteiger partial charge in [-0.05, 0) is 77.9 Å². The predicted molar refractivity (Wildman–Crippen MR) is 147 cm³/mol. The zero-order chi connectivity index (χ0) is 25.8. The molecule has 1 fully saturated rings. The number of benzene rings is 3. The summed E-state index contributed by atoms with van der Waals surface area (Å²) in [5.41, 5.74) is 4.27. The van der Waals surface area contributed by atoms with Crippen LogP contribution in [-0.4, -0.2) is 47.1 Å². The zero-order valence-corrected chi connectivity index (χ0v) is 21.2. The van der Waals surface area contributed by atoms with Gasteiger partial charge in [0.05, 0.1) is 9.83 Å². The Morgan fingerprint density at radius 2 is 1.70 bits per heavy atom. The summed E-state index contributed by atoms with van der Waals surface area (Å²) >= 11 is 1.42. The average molecular weight is 515 g/mol. The molecule has 37 heavy (non-hydrogen) atoms.